The van der Waals surface area contributed by atoms with Crippen molar-refractivity contribution in [3.8, 4) is 0 Å². The highest BCUT2D eigenvalue weighted by molar-refractivity contribution is 6.24. The molecule has 1 fully saturated rings. The minimum absolute atomic E-state index is 0.0556. The van der Waals surface area contributed by atoms with Crippen LogP contribution in [0.25, 0.3) is 0 Å². The summed E-state index contributed by atoms with van der Waals surface area (Å²) in [6, 6.07) is 0.490. The van der Waals surface area contributed by atoms with Crippen LogP contribution in [0.5, 0.6) is 0 Å². The molecule has 1 nitrogen and oxygen atoms in total. The lowest BCUT2D eigenvalue weighted by molar-refractivity contribution is 0.500. The maximum atomic E-state index is 6.24. The first kappa shape index (κ1) is 7.36. The predicted octanol–water partition coefficient (Wildman–Crippen LogP) is 1.76. The molecule has 54 valence electrons. The third-order valence-electron chi connectivity index (χ3n) is 2.35. The fourth-order valence-electron chi connectivity index (χ4n) is 1.38. The van der Waals surface area contributed by atoms with Crippen LogP contribution >= 0.6 is 11.6 Å². The van der Waals surface area contributed by atoms with Crippen molar-refractivity contribution in [3.63, 3.8) is 0 Å². The van der Waals surface area contributed by atoms with E-state index in [2.05, 4.69) is 19.2 Å². The van der Waals surface area contributed by atoms with Crippen LogP contribution in [0.2, 0.25) is 0 Å². The van der Waals surface area contributed by atoms with Gasteiger partial charge in [0, 0.05) is 6.04 Å². The first-order valence-electron chi connectivity index (χ1n) is 3.61. The quantitative estimate of drug-likeness (QED) is 0.558. The van der Waals surface area contributed by atoms with Gasteiger partial charge < -0.3 is 5.32 Å². The average molecular weight is 148 g/mol. The van der Waals surface area contributed by atoms with E-state index in [9.17, 15) is 0 Å². The summed E-state index contributed by atoms with van der Waals surface area (Å²) in [5, 5.41) is 3.33. The summed E-state index contributed by atoms with van der Waals surface area (Å²) in [4.78, 5) is 0.0556. The molecule has 0 saturated carbocycles. The monoisotopic (exact) mass is 147 g/mol. The molecule has 0 spiro atoms. The fourth-order valence-corrected chi connectivity index (χ4v) is 1.55. The van der Waals surface area contributed by atoms with Crippen molar-refractivity contribution in [2.24, 2.45) is 0 Å². The molecule has 1 N–H and O–H groups in total. The Morgan fingerprint density at radius 3 is 2.67 bits per heavy atom. The smallest absolute Gasteiger partial charge is 0.0606 e. The van der Waals surface area contributed by atoms with E-state index in [1.165, 1.54) is 0 Å². The molecule has 2 heteroatoms. The predicted molar refractivity (Wildman–Crippen MR) is 41.0 cm³/mol. The van der Waals surface area contributed by atoms with Crippen LogP contribution in [0.15, 0.2) is 0 Å². The van der Waals surface area contributed by atoms with E-state index in [4.69, 9.17) is 11.6 Å². The summed E-state index contributed by atoms with van der Waals surface area (Å²) in [6.45, 7) is 5.39. The van der Waals surface area contributed by atoms with Crippen LogP contribution in [0.1, 0.15) is 26.7 Å². The molecule has 1 aliphatic rings. The largest absolute Gasteiger partial charge is 0.312 e. The van der Waals surface area contributed by atoms with Gasteiger partial charge in [0.2, 0.25) is 0 Å². The van der Waals surface area contributed by atoms with Crippen molar-refractivity contribution in [2.75, 3.05) is 6.54 Å². The topological polar surface area (TPSA) is 12.0 Å². The Balaban J connectivity index is 2.56. The molecule has 0 bridgehead atoms. The molecule has 0 aromatic rings. The van der Waals surface area contributed by atoms with Crippen LogP contribution < -0.4 is 5.32 Å². The van der Waals surface area contributed by atoms with Gasteiger partial charge in [-0.15, -0.1) is 11.6 Å². The molecule has 0 unspecified atom stereocenters. The summed E-state index contributed by atoms with van der Waals surface area (Å²) in [5.74, 6) is 0. The number of alkyl halides is 1. The lowest BCUT2D eigenvalue weighted by Crippen LogP contribution is -2.34. The molecule has 0 aromatic heterocycles. The Morgan fingerprint density at radius 2 is 2.44 bits per heavy atom. The zero-order chi connectivity index (χ0) is 6.91. The SMILES string of the molecule is CC[C@@]1(Cl)CCN[C@@H]1C. The molecular formula is C7H14ClN. The fraction of sp³-hybridized carbons (Fsp3) is 1.00. The van der Waals surface area contributed by atoms with Crippen molar-refractivity contribution in [1.29, 1.82) is 0 Å². The zero-order valence-electron chi connectivity index (χ0n) is 6.08. The molecule has 1 aliphatic heterocycles. The van der Waals surface area contributed by atoms with Crippen molar-refractivity contribution >= 4 is 11.6 Å². The highest BCUT2D eigenvalue weighted by atomic mass is 35.5. The van der Waals surface area contributed by atoms with Crippen molar-refractivity contribution in [3.05, 3.63) is 0 Å². The number of halogens is 1. The van der Waals surface area contributed by atoms with Crippen LogP contribution in [0.4, 0.5) is 0 Å². The van der Waals surface area contributed by atoms with E-state index < -0.39 is 0 Å². The van der Waals surface area contributed by atoms with Crippen LogP contribution in [-0.4, -0.2) is 17.5 Å². The van der Waals surface area contributed by atoms with Gasteiger partial charge in [-0.1, -0.05) is 6.92 Å². The second kappa shape index (κ2) is 2.47. The lowest BCUT2D eigenvalue weighted by Gasteiger charge is -2.23. The minimum Gasteiger partial charge on any atom is -0.312 e. The van der Waals surface area contributed by atoms with E-state index in [0.717, 1.165) is 19.4 Å². The molecule has 1 saturated heterocycles. The Morgan fingerprint density at radius 1 is 1.78 bits per heavy atom. The van der Waals surface area contributed by atoms with Gasteiger partial charge in [0.1, 0.15) is 0 Å². The Hall–Kier alpha value is 0.250. The van der Waals surface area contributed by atoms with Crippen molar-refractivity contribution in [2.45, 2.75) is 37.6 Å². The molecule has 0 aromatic carbocycles. The summed E-state index contributed by atoms with van der Waals surface area (Å²) in [5.41, 5.74) is 0. The van der Waals surface area contributed by atoms with E-state index >= 15 is 0 Å². The van der Waals surface area contributed by atoms with Crippen molar-refractivity contribution in [1.82, 2.24) is 5.32 Å². The molecule has 0 aliphatic carbocycles. The summed E-state index contributed by atoms with van der Waals surface area (Å²) in [6.07, 6.45) is 2.19. The average Bonchev–Trinajstić information content (AvgIpc) is 2.15. The molecule has 0 amide bonds. The second-order valence-electron chi connectivity index (χ2n) is 2.81. The lowest BCUT2D eigenvalue weighted by atomic mass is 9.98. The standard InChI is InChI=1S/C7H14ClN/c1-3-7(8)4-5-9-6(7)2/h6,9H,3-5H2,1-2H3/t6-,7-/m1/s1. The number of nitrogens with one attached hydrogen (secondary N) is 1. The van der Waals surface area contributed by atoms with Gasteiger partial charge in [0.05, 0.1) is 4.87 Å². The number of rotatable bonds is 1. The summed E-state index contributed by atoms with van der Waals surface area (Å²) >= 11 is 6.24. The Bertz CT molecular complexity index is 105. The molecule has 1 heterocycles. The van der Waals surface area contributed by atoms with Gasteiger partial charge in [-0.25, -0.2) is 0 Å². The first-order valence-corrected chi connectivity index (χ1v) is 3.99. The summed E-state index contributed by atoms with van der Waals surface area (Å²) < 4.78 is 0. The van der Waals surface area contributed by atoms with Gasteiger partial charge in [0.25, 0.3) is 0 Å². The third-order valence-corrected chi connectivity index (χ3v) is 3.14. The summed E-state index contributed by atoms with van der Waals surface area (Å²) in [7, 11) is 0. The van der Waals surface area contributed by atoms with Gasteiger partial charge in [0.15, 0.2) is 0 Å². The molecule has 2 atom stereocenters. The van der Waals surface area contributed by atoms with Gasteiger partial charge in [-0.2, -0.15) is 0 Å². The van der Waals surface area contributed by atoms with Crippen LogP contribution in [0.3, 0.4) is 0 Å². The van der Waals surface area contributed by atoms with Crippen LogP contribution in [0, 0.1) is 0 Å². The third kappa shape index (κ3) is 1.22. The molecular weight excluding hydrogens is 134 g/mol. The second-order valence-corrected chi connectivity index (χ2v) is 3.57. The first-order chi connectivity index (χ1) is 4.19. The van der Waals surface area contributed by atoms with Gasteiger partial charge in [-0.05, 0) is 26.3 Å². The zero-order valence-corrected chi connectivity index (χ0v) is 6.83. The van der Waals surface area contributed by atoms with Crippen molar-refractivity contribution < 1.29 is 0 Å². The maximum absolute atomic E-state index is 6.24. The van der Waals surface area contributed by atoms with E-state index in [1.54, 1.807) is 0 Å². The van der Waals surface area contributed by atoms with Gasteiger partial charge in [-0.3, -0.25) is 0 Å². The highest BCUT2D eigenvalue weighted by Gasteiger charge is 2.35. The number of hydrogen-bond acceptors (Lipinski definition) is 1. The molecule has 1 rings (SSSR count). The Labute approximate surface area is 61.8 Å². The van der Waals surface area contributed by atoms with E-state index in [1.807, 2.05) is 0 Å². The molecule has 9 heavy (non-hydrogen) atoms. The molecule has 0 radical (unpaired) electrons. The van der Waals surface area contributed by atoms with E-state index in [0.29, 0.717) is 6.04 Å². The highest BCUT2D eigenvalue weighted by Crippen LogP contribution is 2.31. The van der Waals surface area contributed by atoms with Crippen LogP contribution in [-0.2, 0) is 0 Å². The number of hydrogen-bond donors (Lipinski definition) is 1. The maximum Gasteiger partial charge on any atom is 0.0606 e. The normalized spacial score (nSPS) is 43.7. The minimum atomic E-state index is 0.0556. The Kier molecular flexibility index (Phi) is 2.02. The van der Waals surface area contributed by atoms with Gasteiger partial charge >= 0.3 is 0 Å². The van der Waals surface area contributed by atoms with E-state index in [-0.39, 0.29) is 4.87 Å².